The third-order valence-electron chi connectivity index (χ3n) is 3.27. The zero-order chi connectivity index (χ0) is 12.3. The van der Waals surface area contributed by atoms with Crippen LogP contribution in [0.5, 0.6) is 0 Å². The molecule has 5 heteroatoms. The fraction of sp³-hybridized carbons (Fsp3) is 0.500. The molecule has 1 aromatic rings. The van der Waals surface area contributed by atoms with E-state index in [-0.39, 0.29) is 5.69 Å². The first-order valence-corrected chi connectivity index (χ1v) is 6.23. The first-order valence-electron chi connectivity index (χ1n) is 5.85. The van der Waals surface area contributed by atoms with Crippen LogP contribution in [-0.2, 0) is 0 Å². The van der Waals surface area contributed by atoms with Gasteiger partial charge in [-0.05, 0) is 18.4 Å². The van der Waals surface area contributed by atoms with Crippen molar-refractivity contribution in [2.75, 3.05) is 11.9 Å². The highest BCUT2D eigenvalue weighted by molar-refractivity contribution is 6.33. The van der Waals surface area contributed by atoms with Gasteiger partial charge in [0.1, 0.15) is 5.69 Å². The smallest absolute Gasteiger partial charge is 0.293 e. The van der Waals surface area contributed by atoms with E-state index in [1.54, 1.807) is 12.1 Å². The summed E-state index contributed by atoms with van der Waals surface area (Å²) < 4.78 is 0. The number of anilines is 1. The minimum Gasteiger partial charge on any atom is -0.378 e. The van der Waals surface area contributed by atoms with Crippen LogP contribution in [0.2, 0.25) is 5.02 Å². The topological polar surface area (TPSA) is 55.2 Å². The molecule has 92 valence electrons. The number of nitrogens with one attached hydrogen (secondary N) is 1. The summed E-state index contributed by atoms with van der Waals surface area (Å²) in [5, 5.41) is 14.3. The molecule has 1 aromatic carbocycles. The molecule has 0 aliphatic heterocycles. The maximum Gasteiger partial charge on any atom is 0.293 e. The van der Waals surface area contributed by atoms with Crippen molar-refractivity contribution in [3.05, 3.63) is 33.3 Å². The van der Waals surface area contributed by atoms with Crippen LogP contribution in [0, 0.1) is 16.0 Å². The first kappa shape index (κ1) is 12.2. The van der Waals surface area contributed by atoms with E-state index in [2.05, 4.69) is 5.32 Å². The van der Waals surface area contributed by atoms with Gasteiger partial charge in [0.25, 0.3) is 5.69 Å². The van der Waals surface area contributed by atoms with Gasteiger partial charge in [0.05, 0.1) is 9.95 Å². The average Bonchev–Trinajstić information content (AvgIpc) is 2.23. The Kier molecular flexibility index (Phi) is 3.84. The zero-order valence-corrected chi connectivity index (χ0v) is 10.2. The van der Waals surface area contributed by atoms with E-state index in [9.17, 15) is 10.1 Å². The predicted octanol–water partition coefficient (Wildman–Crippen LogP) is 3.85. The lowest BCUT2D eigenvalue weighted by Gasteiger charge is -2.25. The van der Waals surface area contributed by atoms with Crippen molar-refractivity contribution in [2.24, 2.45) is 5.92 Å². The molecule has 0 spiro atoms. The molecule has 1 aliphatic rings. The molecule has 0 amide bonds. The largest absolute Gasteiger partial charge is 0.378 e. The van der Waals surface area contributed by atoms with E-state index < -0.39 is 4.92 Å². The van der Waals surface area contributed by atoms with Gasteiger partial charge in [-0.25, -0.2) is 0 Å². The maximum absolute atomic E-state index is 10.8. The molecule has 0 heterocycles. The van der Waals surface area contributed by atoms with Crippen LogP contribution in [0.1, 0.15) is 25.7 Å². The van der Waals surface area contributed by atoms with Crippen molar-refractivity contribution in [3.8, 4) is 0 Å². The molecule has 0 bridgehead atoms. The van der Waals surface area contributed by atoms with Gasteiger partial charge in [-0.15, -0.1) is 0 Å². The fourth-order valence-corrected chi connectivity index (χ4v) is 2.26. The third kappa shape index (κ3) is 2.88. The van der Waals surface area contributed by atoms with Crippen LogP contribution in [0.15, 0.2) is 18.2 Å². The molecule has 4 nitrogen and oxygen atoms in total. The van der Waals surface area contributed by atoms with Crippen molar-refractivity contribution >= 4 is 23.0 Å². The molecule has 17 heavy (non-hydrogen) atoms. The Morgan fingerprint density at radius 2 is 2.24 bits per heavy atom. The molecule has 1 fully saturated rings. The Morgan fingerprint density at radius 3 is 2.82 bits per heavy atom. The predicted molar refractivity (Wildman–Crippen MR) is 68.6 cm³/mol. The number of hydrogen-bond donors (Lipinski definition) is 1. The molecular weight excluding hydrogens is 240 g/mol. The second-order valence-electron chi connectivity index (χ2n) is 4.40. The average molecular weight is 255 g/mol. The summed E-state index contributed by atoms with van der Waals surface area (Å²) in [4.78, 5) is 10.4. The molecule has 2 rings (SSSR count). The minimum absolute atomic E-state index is 0.0473. The summed E-state index contributed by atoms with van der Waals surface area (Å²) in [7, 11) is 0. The van der Waals surface area contributed by atoms with Gasteiger partial charge in [0, 0.05) is 12.6 Å². The van der Waals surface area contributed by atoms with Crippen LogP contribution in [0.3, 0.4) is 0 Å². The van der Waals surface area contributed by atoms with Gasteiger partial charge < -0.3 is 5.32 Å². The summed E-state index contributed by atoms with van der Waals surface area (Å²) in [6.07, 6.45) is 4.94. The van der Waals surface area contributed by atoms with E-state index in [0.29, 0.717) is 10.7 Å². The summed E-state index contributed by atoms with van der Waals surface area (Å²) in [6, 6.07) is 4.73. The van der Waals surface area contributed by atoms with Crippen molar-refractivity contribution in [3.63, 3.8) is 0 Å². The Morgan fingerprint density at radius 1 is 1.47 bits per heavy atom. The first-order chi connectivity index (χ1) is 8.18. The number of nitrogens with zero attached hydrogens (tertiary/aromatic N) is 1. The van der Waals surface area contributed by atoms with Crippen LogP contribution < -0.4 is 5.32 Å². The number of rotatable bonds is 5. The summed E-state index contributed by atoms with van der Waals surface area (Å²) in [5.74, 6) is 0.782. The minimum atomic E-state index is -0.405. The molecule has 0 atom stereocenters. The molecule has 1 saturated carbocycles. The van der Waals surface area contributed by atoms with Crippen molar-refractivity contribution in [1.29, 1.82) is 0 Å². The van der Waals surface area contributed by atoms with Gasteiger partial charge in [-0.2, -0.15) is 0 Å². The second-order valence-corrected chi connectivity index (χ2v) is 4.81. The normalized spacial score (nSPS) is 15.4. The standard InChI is InChI=1S/C12H15ClN2O2/c13-10-5-2-6-11(15(16)17)12(10)14-8-7-9-3-1-4-9/h2,5-6,9,14H,1,3-4,7-8H2. The monoisotopic (exact) mass is 254 g/mol. The molecule has 0 unspecified atom stereocenters. The quantitative estimate of drug-likeness (QED) is 0.641. The van der Waals surface area contributed by atoms with Crippen LogP contribution >= 0.6 is 11.6 Å². The lowest BCUT2D eigenvalue weighted by Crippen LogP contribution is -2.16. The summed E-state index contributed by atoms with van der Waals surface area (Å²) >= 11 is 5.97. The van der Waals surface area contributed by atoms with E-state index in [4.69, 9.17) is 11.6 Å². The van der Waals surface area contributed by atoms with Crippen molar-refractivity contribution in [2.45, 2.75) is 25.7 Å². The van der Waals surface area contributed by atoms with Gasteiger partial charge in [-0.1, -0.05) is 36.9 Å². The molecular formula is C12H15ClN2O2. The van der Waals surface area contributed by atoms with E-state index in [1.165, 1.54) is 25.3 Å². The Hall–Kier alpha value is -1.29. The number of para-hydroxylation sites is 1. The van der Waals surface area contributed by atoms with Gasteiger partial charge >= 0.3 is 0 Å². The van der Waals surface area contributed by atoms with E-state index in [1.807, 2.05) is 0 Å². The number of nitro groups is 1. The van der Waals surface area contributed by atoms with E-state index in [0.717, 1.165) is 18.9 Å². The summed E-state index contributed by atoms with van der Waals surface area (Å²) in [6.45, 7) is 0.745. The lowest BCUT2D eigenvalue weighted by molar-refractivity contribution is -0.383. The van der Waals surface area contributed by atoms with Gasteiger partial charge in [0.15, 0.2) is 0 Å². The molecule has 0 saturated heterocycles. The summed E-state index contributed by atoms with van der Waals surface area (Å²) in [5.41, 5.74) is 0.490. The third-order valence-corrected chi connectivity index (χ3v) is 3.58. The van der Waals surface area contributed by atoms with Gasteiger partial charge in [0.2, 0.25) is 0 Å². The maximum atomic E-state index is 10.8. The Balaban J connectivity index is 2.00. The molecule has 1 aliphatic carbocycles. The van der Waals surface area contributed by atoms with Gasteiger partial charge in [-0.3, -0.25) is 10.1 Å². The Labute approximate surface area is 105 Å². The van der Waals surface area contributed by atoms with Crippen LogP contribution in [0.25, 0.3) is 0 Å². The highest BCUT2D eigenvalue weighted by Gasteiger charge is 2.19. The molecule has 0 aromatic heterocycles. The zero-order valence-electron chi connectivity index (χ0n) is 9.49. The number of hydrogen-bond acceptors (Lipinski definition) is 3. The highest BCUT2D eigenvalue weighted by Crippen LogP contribution is 2.33. The lowest BCUT2D eigenvalue weighted by atomic mass is 9.83. The molecule has 0 radical (unpaired) electrons. The number of nitro benzene ring substituents is 1. The second kappa shape index (κ2) is 5.36. The van der Waals surface area contributed by atoms with Crippen molar-refractivity contribution < 1.29 is 4.92 Å². The fourth-order valence-electron chi connectivity index (χ4n) is 2.02. The number of benzene rings is 1. The van der Waals surface area contributed by atoms with E-state index >= 15 is 0 Å². The van der Waals surface area contributed by atoms with Crippen LogP contribution in [-0.4, -0.2) is 11.5 Å². The highest BCUT2D eigenvalue weighted by atomic mass is 35.5. The SMILES string of the molecule is O=[N+]([O-])c1cccc(Cl)c1NCCC1CCC1. The Bertz CT molecular complexity index is 419. The van der Waals surface area contributed by atoms with Crippen LogP contribution in [0.4, 0.5) is 11.4 Å². The molecule has 1 N–H and O–H groups in total. The van der Waals surface area contributed by atoms with Crippen molar-refractivity contribution in [1.82, 2.24) is 0 Å². The number of halogens is 1.